The summed E-state index contributed by atoms with van der Waals surface area (Å²) < 4.78 is 14.7. The summed E-state index contributed by atoms with van der Waals surface area (Å²) in [4.78, 5) is 22.0. The van der Waals surface area contributed by atoms with Gasteiger partial charge >= 0.3 is 5.97 Å². The number of carboxylic acid groups (broad SMARTS) is 1. The Morgan fingerprint density at radius 3 is 2.58 bits per heavy atom. The lowest BCUT2D eigenvalue weighted by Crippen LogP contribution is -2.32. The van der Waals surface area contributed by atoms with E-state index in [-0.39, 0.29) is 11.4 Å². The molecule has 160 valence electrons. The number of aromatic nitrogens is 2. The molecular formula is C24H25FN4O2. The third-order valence-electron chi connectivity index (χ3n) is 5.66. The first-order chi connectivity index (χ1) is 15.0. The molecule has 6 nitrogen and oxygen atoms in total. The van der Waals surface area contributed by atoms with Crippen LogP contribution in [0.25, 0.3) is 11.3 Å². The van der Waals surface area contributed by atoms with Gasteiger partial charge in [-0.25, -0.2) is 19.2 Å². The minimum absolute atomic E-state index is 0.214. The smallest absolute Gasteiger partial charge is 0.335 e. The molecule has 0 radical (unpaired) electrons. The number of aromatic carboxylic acids is 1. The van der Waals surface area contributed by atoms with E-state index in [1.807, 2.05) is 12.1 Å². The minimum Gasteiger partial charge on any atom is -0.478 e. The summed E-state index contributed by atoms with van der Waals surface area (Å²) in [5.74, 6) is -0.128. The van der Waals surface area contributed by atoms with E-state index in [0.29, 0.717) is 29.4 Å². The molecule has 0 bridgehead atoms. The van der Waals surface area contributed by atoms with Crippen molar-refractivity contribution in [1.29, 1.82) is 0 Å². The second-order valence-corrected chi connectivity index (χ2v) is 8.04. The molecule has 0 amide bonds. The van der Waals surface area contributed by atoms with E-state index < -0.39 is 5.97 Å². The van der Waals surface area contributed by atoms with Crippen LogP contribution in [-0.4, -0.2) is 39.0 Å². The molecule has 1 saturated heterocycles. The number of benzene rings is 2. The molecular weight excluding hydrogens is 395 g/mol. The molecule has 7 heteroatoms. The van der Waals surface area contributed by atoms with Crippen LogP contribution in [0.3, 0.4) is 0 Å². The molecule has 31 heavy (non-hydrogen) atoms. The Hall–Kier alpha value is -3.32. The fourth-order valence-electron chi connectivity index (χ4n) is 3.71. The second kappa shape index (κ2) is 9.22. The van der Waals surface area contributed by atoms with E-state index in [1.165, 1.54) is 18.2 Å². The van der Waals surface area contributed by atoms with Crippen molar-refractivity contribution in [3.63, 3.8) is 0 Å². The van der Waals surface area contributed by atoms with Crippen molar-refractivity contribution in [3.05, 3.63) is 71.7 Å². The van der Waals surface area contributed by atoms with Gasteiger partial charge in [-0.05, 0) is 62.2 Å². The molecule has 1 aromatic heterocycles. The van der Waals surface area contributed by atoms with Crippen molar-refractivity contribution in [2.75, 3.05) is 18.4 Å². The molecule has 1 aliphatic heterocycles. The van der Waals surface area contributed by atoms with Gasteiger partial charge in [-0.15, -0.1) is 0 Å². The summed E-state index contributed by atoms with van der Waals surface area (Å²) >= 11 is 0. The highest BCUT2D eigenvalue weighted by Crippen LogP contribution is 2.23. The van der Waals surface area contributed by atoms with E-state index in [0.717, 1.165) is 37.4 Å². The highest BCUT2D eigenvalue weighted by atomic mass is 19.1. The molecule has 0 unspecified atom stereocenters. The summed E-state index contributed by atoms with van der Waals surface area (Å²) in [7, 11) is 0. The highest BCUT2D eigenvalue weighted by molar-refractivity contribution is 5.88. The van der Waals surface area contributed by atoms with Crippen molar-refractivity contribution in [2.24, 2.45) is 5.92 Å². The quantitative estimate of drug-likeness (QED) is 0.587. The number of carbonyl (C=O) groups is 1. The average molecular weight is 420 g/mol. The third-order valence-corrected chi connectivity index (χ3v) is 5.66. The summed E-state index contributed by atoms with van der Waals surface area (Å²) in [5, 5.41) is 12.1. The first-order valence-corrected chi connectivity index (χ1v) is 10.4. The van der Waals surface area contributed by atoms with Gasteiger partial charge in [0.05, 0.1) is 11.3 Å². The third kappa shape index (κ3) is 5.24. The number of hydrogen-bond donors (Lipinski definition) is 2. The zero-order valence-electron chi connectivity index (χ0n) is 17.4. The van der Waals surface area contributed by atoms with Crippen LogP contribution in [0.2, 0.25) is 0 Å². The Bertz CT molecular complexity index is 1060. The Morgan fingerprint density at radius 2 is 1.90 bits per heavy atom. The topological polar surface area (TPSA) is 78.4 Å². The van der Waals surface area contributed by atoms with E-state index in [9.17, 15) is 9.18 Å². The van der Waals surface area contributed by atoms with Crippen molar-refractivity contribution in [2.45, 2.75) is 26.3 Å². The van der Waals surface area contributed by atoms with E-state index >= 15 is 0 Å². The maximum absolute atomic E-state index is 14.7. The Labute approximate surface area is 180 Å². The number of halogens is 1. The number of nitrogens with one attached hydrogen (secondary N) is 1. The number of likely N-dealkylation sites (tertiary alicyclic amines) is 1. The Balaban J connectivity index is 1.45. The van der Waals surface area contributed by atoms with Gasteiger partial charge in [-0.1, -0.05) is 25.1 Å². The van der Waals surface area contributed by atoms with Crippen molar-refractivity contribution in [1.82, 2.24) is 14.9 Å². The van der Waals surface area contributed by atoms with Gasteiger partial charge in [0, 0.05) is 29.6 Å². The maximum atomic E-state index is 14.7. The highest BCUT2D eigenvalue weighted by Gasteiger charge is 2.17. The number of carboxylic acids is 1. The standard InChI is InChI=1S/C24H25FN4O2/c1-16-9-12-29(13-10-16)15-19-6-7-20(14-21(19)25)27-24-26-11-8-22(28-24)17-2-4-18(5-3-17)23(30)31/h2-8,11,14,16H,9-10,12-13,15H2,1H3,(H,30,31)(H,26,27,28). The van der Waals surface area contributed by atoms with Crippen LogP contribution in [0.15, 0.2) is 54.7 Å². The summed E-state index contributed by atoms with van der Waals surface area (Å²) in [5.41, 5.74) is 2.89. The number of hydrogen-bond acceptors (Lipinski definition) is 5. The lowest BCUT2D eigenvalue weighted by Gasteiger charge is -2.30. The Morgan fingerprint density at radius 1 is 1.16 bits per heavy atom. The van der Waals surface area contributed by atoms with E-state index in [2.05, 4.69) is 27.1 Å². The molecule has 3 aromatic rings. The minimum atomic E-state index is -0.975. The van der Waals surface area contributed by atoms with Gasteiger partial charge in [0.2, 0.25) is 5.95 Å². The fourth-order valence-corrected chi connectivity index (χ4v) is 3.71. The Kier molecular flexibility index (Phi) is 6.23. The number of piperidine rings is 1. The van der Waals surface area contributed by atoms with E-state index in [1.54, 1.807) is 24.4 Å². The van der Waals surface area contributed by atoms with Gasteiger partial charge in [0.25, 0.3) is 0 Å². The lowest BCUT2D eigenvalue weighted by atomic mass is 9.99. The predicted molar refractivity (Wildman–Crippen MR) is 118 cm³/mol. The molecule has 1 aliphatic rings. The molecule has 2 heterocycles. The van der Waals surface area contributed by atoms with Crippen LogP contribution >= 0.6 is 0 Å². The van der Waals surface area contributed by atoms with Crippen LogP contribution < -0.4 is 5.32 Å². The molecule has 2 aromatic carbocycles. The molecule has 0 saturated carbocycles. The first kappa shape index (κ1) is 20.9. The van der Waals surface area contributed by atoms with Gasteiger partial charge in [-0.3, -0.25) is 4.90 Å². The van der Waals surface area contributed by atoms with Gasteiger partial charge in [0.15, 0.2) is 0 Å². The molecule has 4 rings (SSSR count). The van der Waals surface area contributed by atoms with E-state index in [4.69, 9.17) is 5.11 Å². The fraction of sp³-hybridized carbons (Fsp3) is 0.292. The molecule has 0 spiro atoms. The number of anilines is 2. The van der Waals surface area contributed by atoms with Crippen molar-refractivity contribution < 1.29 is 14.3 Å². The first-order valence-electron chi connectivity index (χ1n) is 10.4. The number of nitrogens with zero attached hydrogens (tertiary/aromatic N) is 3. The maximum Gasteiger partial charge on any atom is 0.335 e. The summed E-state index contributed by atoms with van der Waals surface area (Å²) in [6.07, 6.45) is 3.93. The zero-order valence-corrected chi connectivity index (χ0v) is 17.4. The van der Waals surface area contributed by atoms with Crippen LogP contribution in [0, 0.1) is 11.7 Å². The largest absolute Gasteiger partial charge is 0.478 e. The molecule has 0 atom stereocenters. The summed E-state index contributed by atoms with van der Waals surface area (Å²) in [6.45, 7) is 4.90. The molecule has 1 fully saturated rings. The van der Waals surface area contributed by atoms with Crippen LogP contribution in [0.4, 0.5) is 16.0 Å². The second-order valence-electron chi connectivity index (χ2n) is 8.04. The average Bonchev–Trinajstić information content (AvgIpc) is 2.77. The lowest BCUT2D eigenvalue weighted by molar-refractivity contribution is 0.0697. The zero-order chi connectivity index (χ0) is 21.8. The van der Waals surface area contributed by atoms with Gasteiger partial charge in [0.1, 0.15) is 5.82 Å². The van der Waals surface area contributed by atoms with Gasteiger partial charge < -0.3 is 10.4 Å². The van der Waals surface area contributed by atoms with Crippen LogP contribution in [0.1, 0.15) is 35.7 Å². The molecule has 0 aliphatic carbocycles. The normalized spacial score (nSPS) is 15.0. The van der Waals surface area contributed by atoms with Crippen LogP contribution in [0.5, 0.6) is 0 Å². The molecule has 2 N–H and O–H groups in total. The van der Waals surface area contributed by atoms with Crippen LogP contribution in [-0.2, 0) is 6.54 Å². The summed E-state index contributed by atoms with van der Waals surface area (Å²) in [6, 6.07) is 13.3. The predicted octanol–water partition coefficient (Wildman–Crippen LogP) is 4.96. The monoisotopic (exact) mass is 420 g/mol. The SMILES string of the molecule is CC1CCN(Cc2ccc(Nc3nccc(-c4ccc(C(=O)O)cc4)n3)cc2F)CC1. The number of rotatable bonds is 6. The van der Waals surface area contributed by atoms with Crippen molar-refractivity contribution in [3.8, 4) is 11.3 Å². The van der Waals surface area contributed by atoms with Crippen molar-refractivity contribution >= 4 is 17.6 Å². The van der Waals surface area contributed by atoms with Gasteiger partial charge in [-0.2, -0.15) is 0 Å².